The van der Waals surface area contributed by atoms with Crippen molar-refractivity contribution in [2.45, 2.75) is 43.5 Å². The van der Waals surface area contributed by atoms with Crippen LogP contribution in [0.4, 0.5) is 0 Å². The average Bonchev–Trinajstić information content (AvgIpc) is 2.90. The molecule has 1 aromatic rings. The van der Waals surface area contributed by atoms with Crippen LogP contribution in [-0.4, -0.2) is 57.3 Å². The Bertz CT molecular complexity index is 780. The molecular formula is C19H28N2O5S. The Morgan fingerprint density at radius 2 is 2.00 bits per heavy atom. The zero-order valence-corrected chi connectivity index (χ0v) is 16.5. The molecule has 1 fully saturated rings. The number of rotatable bonds is 5. The first-order valence-electron chi connectivity index (χ1n) is 9.52. The van der Waals surface area contributed by atoms with Crippen LogP contribution in [0.2, 0.25) is 0 Å². The van der Waals surface area contributed by atoms with Crippen molar-refractivity contribution in [3.05, 3.63) is 18.2 Å². The summed E-state index contributed by atoms with van der Waals surface area (Å²) in [5.41, 5.74) is 5.81. The van der Waals surface area contributed by atoms with Gasteiger partial charge in [-0.25, -0.2) is 8.42 Å². The molecule has 0 spiro atoms. The van der Waals surface area contributed by atoms with Crippen molar-refractivity contribution < 1.29 is 22.7 Å². The quantitative estimate of drug-likeness (QED) is 0.812. The number of piperidine rings is 1. The van der Waals surface area contributed by atoms with E-state index >= 15 is 0 Å². The van der Waals surface area contributed by atoms with Gasteiger partial charge in [0.05, 0.1) is 23.9 Å². The van der Waals surface area contributed by atoms with Gasteiger partial charge in [-0.05, 0) is 30.9 Å². The van der Waals surface area contributed by atoms with Gasteiger partial charge in [-0.1, -0.05) is 6.92 Å². The van der Waals surface area contributed by atoms with E-state index < -0.39 is 9.84 Å². The van der Waals surface area contributed by atoms with Crippen LogP contribution in [0.1, 0.15) is 32.6 Å². The summed E-state index contributed by atoms with van der Waals surface area (Å²) in [5, 5.41) is 0. The van der Waals surface area contributed by atoms with E-state index in [1.54, 1.807) is 11.0 Å². The van der Waals surface area contributed by atoms with Gasteiger partial charge >= 0.3 is 0 Å². The molecule has 2 unspecified atom stereocenters. The highest BCUT2D eigenvalue weighted by molar-refractivity contribution is 7.91. The van der Waals surface area contributed by atoms with Crippen molar-refractivity contribution in [1.29, 1.82) is 0 Å². The number of nitrogens with two attached hydrogens (primary N) is 1. The van der Waals surface area contributed by atoms with Crippen LogP contribution >= 0.6 is 0 Å². The molecular weight excluding hydrogens is 368 g/mol. The molecule has 2 N–H and O–H groups in total. The average molecular weight is 397 g/mol. The van der Waals surface area contributed by atoms with E-state index in [-0.39, 0.29) is 29.0 Å². The highest BCUT2D eigenvalue weighted by atomic mass is 32.2. The zero-order chi connectivity index (χ0) is 19.4. The third-order valence-electron chi connectivity index (χ3n) is 5.23. The topological polar surface area (TPSA) is 98.9 Å². The van der Waals surface area contributed by atoms with Crippen molar-refractivity contribution in [2.24, 2.45) is 11.7 Å². The highest BCUT2D eigenvalue weighted by Crippen LogP contribution is 2.32. The van der Waals surface area contributed by atoms with Gasteiger partial charge in [-0.2, -0.15) is 0 Å². The van der Waals surface area contributed by atoms with Crippen molar-refractivity contribution in [3.8, 4) is 11.5 Å². The Hall–Kier alpha value is -1.80. The SMILES string of the molecule is CC1CCN(C(=O)CCS(=O)(=O)c2ccc3c(c2)OCCCO3)C(CN)C1. The van der Waals surface area contributed by atoms with Crippen LogP contribution in [0.3, 0.4) is 0 Å². The van der Waals surface area contributed by atoms with Gasteiger partial charge in [-0.15, -0.1) is 0 Å². The number of fused-ring (bicyclic) bond motifs is 1. The molecule has 0 aromatic heterocycles. The molecule has 1 saturated heterocycles. The lowest BCUT2D eigenvalue weighted by Crippen LogP contribution is -2.49. The van der Waals surface area contributed by atoms with Crippen molar-refractivity contribution in [2.75, 3.05) is 32.1 Å². The van der Waals surface area contributed by atoms with E-state index in [4.69, 9.17) is 15.2 Å². The smallest absolute Gasteiger partial charge is 0.223 e. The Morgan fingerprint density at radius 3 is 2.74 bits per heavy atom. The molecule has 7 nitrogen and oxygen atoms in total. The maximum absolute atomic E-state index is 12.7. The number of nitrogens with zero attached hydrogens (tertiary/aromatic N) is 1. The van der Waals surface area contributed by atoms with Crippen molar-refractivity contribution in [1.82, 2.24) is 4.90 Å². The number of sulfone groups is 1. The molecule has 150 valence electrons. The molecule has 0 saturated carbocycles. The third kappa shape index (κ3) is 4.73. The van der Waals surface area contributed by atoms with E-state index in [1.807, 2.05) is 0 Å². The lowest BCUT2D eigenvalue weighted by Gasteiger charge is -2.38. The maximum atomic E-state index is 12.7. The van der Waals surface area contributed by atoms with Gasteiger partial charge in [0.25, 0.3) is 0 Å². The van der Waals surface area contributed by atoms with Crippen LogP contribution < -0.4 is 15.2 Å². The van der Waals surface area contributed by atoms with E-state index in [1.165, 1.54) is 12.1 Å². The number of hydrogen-bond acceptors (Lipinski definition) is 6. The van der Waals surface area contributed by atoms with Crippen LogP contribution in [-0.2, 0) is 14.6 Å². The summed E-state index contributed by atoms with van der Waals surface area (Å²) >= 11 is 0. The Balaban J connectivity index is 1.66. The van der Waals surface area contributed by atoms with Gasteiger partial charge in [-0.3, -0.25) is 4.79 Å². The fraction of sp³-hybridized carbons (Fsp3) is 0.632. The third-order valence-corrected chi connectivity index (χ3v) is 6.95. The lowest BCUT2D eigenvalue weighted by atomic mass is 9.92. The molecule has 0 bridgehead atoms. The minimum Gasteiger partial charge on any atom is -0.490 e. The molecule has 1 aromatic carbocycles. The fourth-order valence-corrected chi connectivity index (χ4v) is 4.86. The van der Waals surface area contributed by atoms with E-state index in [9.17, 15) is 13.2 Å². The van der Waals surface area contributed by atoms with Gasteiger partial charge in [0.1, 0.15) is 0 Å². The van der Waals surface area contributed by atoms with Gasteiger partial charge in [0.15, 0.2) is 21.3 Å². The van der Waals surface area contributed by atoms with E-state index in [2.05, 4.69) is 6.92 Å². The predicted octanol–water partition coefficient (Wildman–Crippen LogP) is 1.60. The molecule has 8 heteroatoms. The van der Waals surface area contributed by atoms with Gasteiger partial charge in [0.2, 0.25) is 5.91 Å². The van der Waals surface area contributed by atoms with Crippen molar-refractivity contribution in [3.63, 3.8) is 0 Å². The minimum absolute atomic E-state index is 0.00185. The summed E-state index contributed by atoms with van der Waals surface area (Å²) in [5.74, 6) is 1.15. The number of amides is 1. The number of ether oxygens (including phenoxy) is 2. The Morgan fingerprint density at radius 1 is 1.26 bits per heavy atom. The number of hydrogen-bond donors (Lipinski definition) is 1. The normalized spacial score (nSPS) is 23.0. The van der Waals surface area contributed by atoms with Crippen molar-refractivity contribution >= 4 is 15.7 Å². The molecule has 27 heavy (non-hydrogen) atoms. The summed E-state index contributed by atoms with van der Waals surface area (Å²) in [6, 6.07) is 4.62. The summed E-state index contributed by atoms with van der Waals surface area (Å²) < 4.78 is 36.5. The zero-order valence-electron chi connectivity index (χ0n) is 15.7. The van der Waals surface area contributed by atoms with Gasteiger partial charge < -0.3 is 20.1 Å². The molecule has 0 aliphatic carbocycles. The standard InChI is InChI=1S/C19H28N2O5S/c1-14-5-7-21(15(11-14)13-20)19(22)6-10-27(23,24)16-3-4-17-18(12-16)26-9-2-8-25-17/h3-4,12,14-15H,2,5-11,13,20H2,1H3. The second-order valence-electron chi connectivity index (χ2n) is 7.33. The molecule has 2 heterocycles. The largest absolute Gasteiger partial charge is 0.490 e. The molecule has 3 rings (SSSR count). The fourth-order valence-electron chi connectivity index (χ4n) is 3.62. The Kier molecular flexibility index (Phi) is 6.26. The molecule has 1 amide bonds. The summed E-state index contributed by atoms with van der Waals surface area (Å²) in [6.45, 7) is 4.24. The van der Waals surface area contributed by atoms with Crippen LogP contribution in [0, 0.1) is 5.92 Å². The maximum Gasteiger partial charge on any atom is 0.223 e. The number of carbonyl (C=O) groups is 1. The summed E-state index contributed by atoms with van der Waals surface area (Å²) in [6.07, 6.45) is 2.51. The molecule has 0 radical (unpaired) electrons. The van der Waals surface area contributed by atoms with Gasteiger partial charge in [0, 0.05) is 38.0 Å². The first-order valence-corrected chi connectivity index (χ1v) is 11.2. The number of benzene rings is 1. The second-order valence-corrected chi connectivity index (χ2v) is 9.44. The molecule has 2 atom stereocenters. The number of likely N-dealkylation sites (tertiary alicyclic amines) is 1. The van der Waals surface area contributed by atoms with E-state index in [0.29, 0.717) is 43.7 Å². The monoisotopic (exact) mass is 396 g/mol. The summed E-state index contributed by atoms with van der Waals surface area (Å²) in [4.78, 5) is 14.5. The first-order chi connectivity index (χ1) is 12.9. The first kappa shape index (κ1) is 19.9. The predicted molar refractivity (Wildman–Crippen MR) is 102 cm³/mol. The highest BCUT2D eigenvalue weighted by Gasteiger charge is 2.30. The lowest BCUT2D eigenvalue weighted by molar-refractivity contribution is -0.134. The summed E-state index contributed by atoms with van der Waals surface area (Å²) in [7, 11) is -3.59. The number of carbonyl (C=O) groups excluding carboxylic acids is 1. The van der Waals surface area contributed by atoms with Crippen LogP contribution in [0.5, 0.6) is 11.5 Å². The van der Waals surface area contributed by atoms with Crippen LogP contribution in [0.25, 0.3) is 0 Å². The molecule has 2 aliphatic heterocycles. The Labute approximate surface area is 160 Å². The van der Waals surface area contributed by atoms with Crippen LogP contribution in [0.15, 0.2) is 23.1 Å². The second kappa shape index (κ2) is 8.48. The minimum atomic E-state index is -3.59. The van der Waals surface area contributed by atoms with E-state index in [0.717, 1.165) is 19.3 Å². The molecule has 2 aliphatic rings.